The van der Waals surface area contributed by atoms with E-state index in [2.05, 4.69) is 0 Å². The Morgan fingerprint density at radius 1 is 0.964 bits per heavy atom. The van der Waals surface area contributed by atoms with Crippen LogP contribution in [-0.4, -0.2) is 24.1 Å². The maximum atomic E-state index is 13.3. The second-order valence-electron chi connectivity index (χ2n) is 6.86. The largest absolute Gasteiger partial charge is 0.467 e. The molecule has 0 unspecified atom stereocenters. The number of fused-ring (bicyclic) bond motifs is 4. The van der Waals surface area contributed by atoms with E-state index in [0.29, 0.717) is 41.1 Å². The number of hydrogen-bond acceptors (Lipinski definition) is 5. The third-order valence-electron chi connectivity index (χ3n) is 4.98. The first-order valence-electron chi connectivity index (χ1n) is 9.36. The lowest BCUT2D eigenvalue weighted by atomic mass is 10.3. The fourth-order valence-corrected chi connectivity index (χ4v) is 3.69. The van der Waals surface area contributed by atoms with Crippen LogP contribution in [0, 0.1) is 6.92 Å². The van der Waals surface area contributed by atoms with Gasteiger partial charge in [0.15, 0.2) is 11.3 Å². The number of hydrogen-bond donors (Lipinski definition) is 0. The first-order valence-corrected chi connectivity index (χ1v) is 9.36. The zero-order chi connectivity index (χ0) is 19.3. The molecule has 0 aliphatic heterocycles. The molecule has 0 fully saturated rings. The quantitative estimate of drug-likeness (QED) is 0.480. The van der Waals surface area contributed by atoms with Gasteiger partial charge in [-0.2, -0.15) is 0 Å². The van der Waals surface area contributed by atoms with Crippen molar-refractivity contribution >= 4 is 33.2 Å². The molecule has 140 valence electrons. The molecule has 0 aliphatic rings. The van der Waals surface area contributed by atoms with E-state index >= 15 is 0 Å². The first-order chi connectivity index (χ1) is 13.7. The standard InChI is InChI=1S/C21H19N5O2/c1-3-10-25-13(2)22-19-17(21(25)27)18-20(26(19)12-14-7-6-11-28-14)24-16-9-5-4-8-15(16)23-18/h4-9,11H,3,10,12H2,1-2H3. The van der Waals surface area contributed by atoms with Gasteiger partial charge in [0.05, 0.1) is 23.8 Å². The highest BCUT2D eigenvalue weighted by Crippen LogP contribution is 2.26. The summed E-state index contributed by atoms with van der Waals surface area (Å²) in [6, 6.07) is 11.4. The van der Waals surface area contributed by atoms with Crippen molar-refractivity contribution in [3.05, 3.63) is 64.6 Å². The summed E-state index contributed by atoms with van der Waals surface area (Å²) in [7, 11) is 0. The second-order valence-corrected chi connectivity index (χ2v) is 6.86. The number of furan rings is 1. The maximum absolute atomic E-state index is 13.3. The van der Waals surface area contributed by atoms with Gasteiger partial charge in [-0.25, -0.2) is 15.0 Å². The monoisotopic (exact) mass is 373 g/mol. The first kappa shape index (κ1) is 16.7. The lowest BCUT2D eigenvalue weighted by Crippen LogP contribution is -2.24. The number of aromatic nitrogens is 5. The van der Waals surface area contributed by atoms with E-state index in [1.54, 1.807) is 10.8 Å². The highest BCUT2D eigenvalue weighted by Gasteiger charge is 2.21. The molecule has 0 radical (unpaired) electrons. The molecule has 5 rings (SSSR count). The van der Waals surface area contributed by atoms with E-state index < -0.39 is 0 Å². The van der Waals surface area contributed by atoms with Gasteiger partial charge in [-0.1, -0.05) is 19.1 Å². The Hall–Kier alpha value is -3.48. The van der Waals surface area contributed by atoms with Gasteiger partial charge >= 0.3 is 0 Å². The molecule has 1 aromatic carbocycles. The summed E-state index contributed by atoms with van der Waals surface area (Å²) in [6.07, 6.45) is 2.49. The van der Waals surface area contributed by atoms with Crippen LogP contribution in [-0.2, 0) is 13.1 Å². The maximum Gasteiger partial charge on any atom is 0.265 e. The Kier molecular flexibility index (Phi) is 3.75. The summed E-state index contributed by atoms with van der Waals surface area (Å²) in [5.74, 6) is 1.46. The van der Waals surface area contributed by atoms with Crippen LogP contribution < -0.4 is 5.56 Å². The molecule has 0 aliphatic carbocycles. The van der Waals surface area contributed by atoms with Crippen molar-refractivity contribution in [3.63, 3.8) is 0 Å². The van der Waals surface area contributed by atoms with E-state index in [-0.39, 0.29) is 5.56 Å². The Morgan fingerprint density at radius 3 is 2.46 bits per heavy atom. The Labute approximate surface area is 160 Å². The van der Waals surface area contributed by atoms with Gasteiger partial charge in [-0.15, -0.1) is 0 Å². The third-order valence-corrected chi connectivity index (χ3v) is 4.98. The van der Waals surface area contributed by atoms with Crippen LogP contribution in [0.15, 0.2) is 51.9 Å². The van der Waals surface area contributed by atoms with Crippen molar-refractivity contribution in [2.24, 2.45) is 0 Å². The summed E-state index contributed by atoms with van der Waals surface area (Å²) in [4.78, 5) is 27.7. The average molecular weight is 373 g/mol. The molecule has 5 aromatic rings. The van der Waals surface area contributed by atoms with Crippen molar-refractivity contribution in [3.8, 4) is 0 Å². The smallest absolute Gasteiger partial charge is 0.265 e. The molecule has 0 amide bonds. The van der Waals surface area contributed by atoms with Gasteiger partial charge < -0.3 is 8.98 Å². The topological polar surface area (TPSA) is 78.7 Å². The molecule has 0 N–H and O–H groups in total. The van der Waals surface area contributed by atoms with Crippen LogP contribution in [0.2, 0.25) is 0 Å². The van der Waals surface area contributed by atoms with Gasteiger partial charge in [0.1, 0.15) is 22.5 Å². The molecular weight excluding hydrogens is 354 g/mol. The summed E-state index contributed by atoms with van der Waals surface area (Å²) in [5, 5.41) is 0.513. The molecule has 0 saturated heterocycles. The minimum Gasteiger partial charge on any atom is -0.467 e. The molecule has 0 bridgehead atoms. The SMILES string of the molecule is CCCn1c(C)nc2c(c1=O)c1nc3ccccc3nc1n2Cc1ccco1. The highest BCUT2D eigenvalue weighted by atomic mass is 16.3. The van der Waals surface area contributed by atoms with E-state index in [1.807, 2.05) is 54.8 Å². The predicted octanol–water partition coefficient (Wildman–Crippen LogP) is 3.65. The lowest BCUT2D eigenvalue weighted by molar-refractivity contribution is 0.498. The van der Waals surface area contributed by atoms with Crippen LogP contribution >= 0.6 is 0 Å². The number of aryl methyl sites for hydroxylation is 1. The van der Waals surface area contributed by atoms with Crippen molar-refractivity contribution in [2.45, 2.75) is 33.4 Å². The van der Waals surface area contributed by atoms with E-state index in [9.17, 15) is 4.79 Å². The number of benzene rings is 1. The molecule has 0 atom stereocenters. The van der Waals surface area contributed by atoms with Crippen molar-refractivity contribution < 1.29 is 4.42 Å². The molecule has 4 heterocycles. The van der Waals surface area contributed by atoms with Crippen molar-refractivity contribution in [1.29, 1.82) is 0 Å². The zero-order valence-corrected chi connectivity index (χ0v) is 15.7. The van der Waals surface area contributed by atoms with Crippen molar-refractivity contribution in [1.82, 2.24) is 24.1 Å². The van der Waals surface area contributed by atoms with Gasteiger partial charge in [0.2, 0.25) is 0 Å². The number of para-hydroxylation sites is 2. The molecule has 7 heteroatoms. The number of nitrogens with zero attached hydrogens (tertiary/aromatic N) is 5. The molecule has 4 aromatic heterocycles. The Morgan fingerprint density at radius 2 is 1.75 bits per heavy atom. The minimum absolute atomic E-state index is 0.0721. The van der Waals surface area contributed by atoms with Gasteiger partial charge in [-0.05, 0) is 37.6 Å². The molecule has 7 nitrogen and oxygen atoms in total. The van der Waals surface area contributed by atoms with Crippen LogP contribution in [0.5, 0.6) is 0 Å². The summed E-state index contributed by atoms with van der Waals surface area (Å²) in [5.41, 5.74) is 3.29. The molecular formula is C21H19N5O2. The van der Waals surface area contributed by atoms with E-state index in [4.69, 9.17) is 19.4 Å². The van der Waals surface area contributed by atoms with Gasteiger partial charge in [-0.3, -0.25) is 9.36 Å². The van der Waals surface area contributed by atoms with Gasteiger partial charge in [0.25, 0.3) is 5.56 Å². The van der Waals surface area contributed by atoms with Crippen LogP contribution in [0.25, 0.3) is 33.2 Å². The van der Waals surface area contributed by atoms with Crippen LogP contribution in [0.1, 0.15) is 24.9 Å². The summed E-state index contributed by atoms with van der Waals surface area (Å²) in [6.45, 7) is 4.97. The molecule has 0 spiro atoms. The van der Waals surface area contributed by atoms with Gasteiger partial charge in [0, 0.05) is 6.54 Å². The fraction of sp³-hybridized carbons (Fsp3) is 0.238. The van der Waals surface area contributed by atoms with Crippen LogP contribution in [0.4, 0.5) is 0 Å². The van der Waals surface area contributed by atoms with Crippen LogP contribution in [0.3, 0.4) is 0 Å². The second kappa shape index (κ2) is 6.30. The number of rotatable bonds is 4. The van der Waals surface area contributed by atoms with Crippen molar-refractivity contribution in [2.75, 3.05) is 0 Å². The highest BCUT2D eigenvalue weighted by molar-refractivity contribution is 6.04. The zero-order valence-electron chi connectivity index (χ0n) is 15.7. The third kappa shape index (κ3) is 2.43. The molecule has 28 heavy (non-hydrogen) atoms. The Bertz CT molecular complexity index is 1380. The van der Waals surface area contributed by atoms with E-state index in [0.717, 1.165) is 23.2 Å². The minimum atomic E-state index is -0.0721. The summed E-state index contributed by atoms with van der Waals surface area (Å²) < 4.78 is 9.18. The Balaban J connectivity index is 1.94. The normalized spacial score (nSPS) is 11.8. The predicted molar refractivity (Wildman–Crippen MR) is 107 cm³/mol. The summed E-state index contributed by atoms with van der Waals surface area (Å²) >= 11 is 0. The van der Waals surface area contributed by atoms with E-state index in [1.165, 1.54) is 0 Å². The fourth-order valence-electron chi connectivity index (χ4n) is 3.69. The molecule has 0 saturated carbocycles. The average Bonchev–Trinajstić information content (AvgIpc) is 3.31. The lowest BCUT2D eigenvalue weighted by Gasteiger charge is -2.09.